The topological polar surface area (TPSA) is 44.4 Å². The number of benzene rings is 1. The molecule has 2 N–H and O–H groups in total. The van der Waals surface area contributed by atoms with E-state index in [1.54, 1.807) is 0 Å². The van der Waals surface area contributed by atoms with Gasteiger partial charge in [-0.05, 0) is 6.07 Å². The van der Waals surface area contributed by atoms with Crippen LogP contribution in [-0.4, -0.2) is 55.7 Å². The normalized spacial score (nSPS) is 17.5. The van der Waals surface area contributed by atoms with Gasteiger partial charge < -0.3 is 10.6 Å². The van der Waals surface area contributed by atoms with E-state index in [9.17, 15) is 26.7 Å². The quantitative estimate of drug-likeness (QED) is 0.790. The molecule has 4 nitrogen and oxygen atoms in total. The lowest BCUT2D eigenvalue weighted by Crippen LogP contribution is -2.57. The number of carbonyl (C=O) groups is 1. The molecule has 0 aromatic heterocycles. The van der Waals surface area contributed by atoms with Crippen LogP contribution in [0.15, 0.2) is 18.2 Å². The van der Waals surface area contributed by atoms with Crippen molar-refractivity contribution in [2.24, 2.45) is 0 Å². The predicted octanol–water partition coefficient (Wildman–Crippen LogP) is 1.46. The van der Waals surface area contributed by atoms with E-state index in [2.05, 4.69) is 10.6 Å². The Morgan fingerprint density at radius 2 is 1.92 bits per heavy atom. The van der Waals surface area contributed by atoms with Crippen LogP contribution >= 0.6 is 0 Å². The van der Waals surface area contributed by atoms with Crippen molar-refractivity contribution >= 4 is 5.91 Å². The molecule has 0 radical (unpaired) electrons. The highest BCUT2D eigenvalue weighted by atomic mass is 19.4. The summed E-state index contributed by atoms with van der Waals surface area (Å²) in [6.07, 6.45) is -5.01. The summed E-state index contributed by atoms with van der Waals surface area (Å²) < 4.78 is 66.1. The lowest BCUT2D eigenvalue weighted by Gasteiger charge is -2.35. The molecule has 1 saturated heterocycles. The molecule has 1 aliphatic heterocycles. The molecule has 0 spiro atoms. The monoisotopic (exact) mass is 351 g/mol. The highest BCUT2D eigenvalue weighted by molar-refractivity contribution is 5.78. The summed E-state index contributed by atoms with van der Waals surface area (Å²) >= 11 is 0. The van der Waals surface area contributed by atoms with E-state index in [1.165, 1.54) is 17.0 Å². The van der Waals surface area contributed by atoms with Gasteiger partial charge in [-0.25, -0.2) is 8.78 Å². The van der Waals surface area contributed by atoms with Crippen LogP contribution in [0.5, 0.6) is 0 Å². The Hall–Kier alpha value is -1.74. The standard InChI is InChI=1S/C15H18F5N3O/c16-11-3-1-2-10(14(11)17)8-13(24)22-9-12(15(18,19)20)23-6-4-21-5-7-23/h1-3,12,21H,4-9H2,(H,22,24). The van der Waals surface area contributed by atoms with Gasteiger partial charge in [0.25, 0.3) is 0 Å². The number of carbonyl (C=O) groups excluding carboxylic acids is 1. The van der Waals surface area contributed by atoms with Crippen molar-refractivity contribution < 1.29 is 26.7 Å². The summed E-state index contributed by atoms with van der Waals surface area (Å²) in [4.78, 5) is 13.0. The molecular weight excluding hydrogens is 333 g/mol. The zero-order valence-electron chi connectivity index (χ0n) is 12.8. The molecule has 1 aromatic carbocycles. The fourth-order valence-corrected chi connectivity index (χ4v) is 2.58. The molecule has 1 atom stereocenters. The van der Waals surface area contributed by atoms with Crippen molar-refractivity contribution in [1.82, 2.24) is 15.5 Å². The van der Waals surface area contributed by atoms with E-state index in [-0.39, 0.29) is 18.7 Å². The highest BCUT2D eigenvalue weighted by Gasteiger charge is 2.43. The second kappa shape index (κ2) is 7.89. The maximum atomic E-state index is 13.5. The van der Waals surface area contributed by atoms with E-state index >= 15 is 0 Å². The first-order valence-corrected chi connectivity index (χ1v) is 7.50. The van der Waals surface area contributed by atoms with Gasteiger partial charge in [-0.2, -0.15) is 13.2 Å². The number of piperazine rings is 1. The Morgan fingerprint density at radius 3 is 2.54 bits per heavy atom. The molecule has 24 heavy (non-hydrogen) atoms. The molecule has 9 heteroatoms. The first-order valence-electron chi connectivity index (χ1n) is 7.50. The SMILES string of the molecule is O=C(Cc1cccc(F)c1F)NCC(N1CCNCC1)C(F)(F)F. The van der Waals surface area contributed by atoms with Crippen molar-refractivity contribution in [3.8, 4) is 0 Å². The average molecular weight is 351 g/mol. The minimum absolute atomic E-state index is 0.196. The Kier molecular flexibility index (Phi) is 6.11. The van der Waals surface area contributed by atoms with Crippen molar-refractivity contribution in [3.05, 3.63) is 35.4 Å². The molecule has 0 aliphatic carbocycles. The van der Waals surface area contributed by atoms with Gasteiger partial charge in [0, 0.05) is 38.3 Å². The number of nitrogens with zero attached hydrogens (tertiary/aromatic N) is 1. The van der Waals surface area contributed by atoms with Crippen LogP contribution in [0.3, 0.4) is 0 Å². The highest BCUT2D eigenvalue weighted by Crippen LogP contribution is 2.24. The van der Waals surface area contributed by atoms with Crippen molar-refractivity contribution in [2.75, 3.05) is 32.7 Å². The summed E-state index contributed by atoms with van der Waals surface area (Å²) in [7, 11) is 0. The van der Waals surface area contributed by atoms with Gasteiger partial charge in [0.1, 0.15) is 6.04 Å². The summed E-state index contributed by atoms with van der Waals surface area (Å²) in [5, 5.41) is 5.13. The number of rotatable bonds is 5. The number of amides is 1. The molecule has 1 aromatic rings. The van der Waals surface area contributed by atoms with E-state index in [1.807, 2.05) is 0 Å². The van der Waals surface area contributed by atoms with E-state index in [0.29, 0.717) is 13.1 Å². The van der Waals surface area contributed by atoms with Crippen LogP contribution in [0.1, 0.15) is 5.56 Å². The van der Waals surface area contributed by atoms with E-state index in [0.717, 1.165) is 6.07 Å². The summed E-state index contributed by atoms with van der Waals surface area (Å²) in [6, 6.07) is 1.55. The van der Waals surface area contributed by atoms with Crippen molar-refractivity contribution in [2.45, 2.75) is 18.6 Å². The van der Waals surface area contributed by atoms with Gasteiger partial charge in [0.15, 0.2) is 11.6 Å². The zero-order valence-corrected chi connectivity index (χ0v) is 12.8. The Labute approximate surface area is 136 Å². The second-order valence-electron chi connectivity index (χ2n) is 5.54. The third kappa shape index (κ3) is 4.88. The van der Waals surface area contributed by atoms with Crippen LogP contribution < -0.4 is 10.6 Å². The number of hydrogen-bond donors (Lipinski definition) is 2. The number of halogens is 5. The summed E-state index contributed by atoms with van der Waals surface area (Å²) in [5.41, 5.74) is -0.196. The Balaban J connectivity index is 1.95. The molecule has 0 saturated carbocycles. The minimum Gasteiger partial charge on any atom is -0.354 e. The first-order chi connectivity index (χ1) is 11.3. The number of nitrogens with one attached hydrogen (secondary N) is 2. The number of alkyl halides is 3. The van der Waals surface area contributed by atoms with E-state index in [4.69, 9.17) is 0 Å². The third-order valence-electron chi connectivity index (χ3n) is 3.85. The number of hydrogen-bond acceptors (Lipinski definition) is 3. The molecule has 1 heterocycles. The second-order valence-corrected chi connectivity index (χ2v) is 5.54. The molecule has 1 amide bonds. The average Bonchev–Trinajstić information content (AvgIpc) is 2.52. The molecule has 1 fully saturated rings. The van der Waals surface area contributed by atoms with Gasteiger partial charge in [-0.3, -0.25) is 9.69 Å². The van der Waals surface area contributed by atoms with Crippen LogP contribution in [0.4, 0.5) is 22.0 Å². The smallest absolute Gasteiger partial charge is 0.354 e. The van der Waals surface area contributed by atoms with Gasteiger partial charge in [0.2, 0.25) is 5.91 Å². The van der Waals surface area contributed by atoms with Gasteiger partial charge in [0.05, 0.1) is 6.42 Å². The van der Waals surface area contributed by atoms with Crippen molar-refractivity contribution in [1.29, 1.82) is 0 Å². The Bertz CT molecular complexity index is 573. The largest absolute Gasteiger partial charge is 0.405 e. The summed E-state index contributed by atoms with van der Waals surface area (Å²) in [6.45, 7) is 0.695. The third-order valence-corrected chi connectivity index (χ3v) is 3.85. The van der Waals surface area contributed by atoms with Gasteiger partial charge >= 0.3 is 6.18 Å². The molecule has 1 unspecified atom stereocenters. The van der Waals surface area contributed by atoms with Crippen LogP contribution in [-0.2, 0) is 11.2 Å². The lowest BCUT2D eigenvalue weighted by atomic mass is 10.1. The molecular formula is C15H18F5N3O. The van der Waals surface area contributed by atoms with Gasteiger partial charge in [-0.1, -0.05) is 12.1 Å². The van der Waals surface area contributed by atoms with Crippen LogP contribution in [0, 0.1) is 11.6 Å². The summed E-state index contributed by atoms with van der Waals surface area (Å²) in [5.74, 6) is -3.06. The van der Waals surface area contributed by atoms with Crippen LogP contribution in [0.2, 0.25) is 0 Å². The van der Waals surface area contributed by atoms with E-state index < -0.39 is 42.7 Å². The fraction of sp³-hybridized carbons (Fsp3) is 0.533. The Morgan fingerprint density at radius 1 is 1.25 bits per heavy atom. The zero-order chi connectivity index (χ0) is 17.7. The van der Waals surface area contributed by atoms with Crippen LogP contribution in [0.25, 0.3) is 0 Å². The van der Waals surface area contributed by atoms with Gasteiger partial charge in [-0.15, -0.1) is 0 Å². The molecule has 0 bridgehead atoms. The lowest BCUT2D eigenvalue weighted by molar-refractivity contribution is -0.184. The maximum absolute atomic E-state index is 13.5. The first kappa shape index (κ1) is 18.6. The maximum Gasteiger partial charge on any atom is 0.405 e. The molecule has 134 valence electrons. The van der Waals surface area contributed by atoms with Crippen molar-refractivity contribution in [3.63, 3.8) is 0 Å². The predicted molar refractivity (Wildman–Crippen MR) is 77.4 cm³/mol. The minimum atomic E-state index is -4.49. The molecule has 1 aliphatic rings. The fourth-order valence-electron chi connectivity index (χ4n) is 2.58. The molecule has 2 rings (SSSR count).